The Kier molecular flexibility index (Phi) is 4.81. The first-order valence-electron chi connectivity index (χ1n) is 9.36. The van der Waals surface area contributed by atoms with Gasteiger partial charge in [0.1, 0.15) is 0 Å². The van der Waals surface area contributed by atoms with E-state index in [0.717, 1.165) is 29.4 Å². The molecule has 6 heteroatoms. The third-order valence-electron chi connectivity index (χ3n) is 5.30. The molecular formula is C21H24N4O2. The minimum atomic E-state index is -0.268. The Morgan fingerprint density at radius 1 is 1.19 bits per heavy atom. The van der Waals surface area contributed by atoms with Gasteiger partial charge in [0.15, 0.2) is 0 Å². The predicted octanol–water partition coefficient (Wildman–Crippen LogP) is 3.92. The van der Waals surface area contributed by atoms with Gasteiger partial charge in [0.05, 0.1) is 29.2 Å². The van der Waals surface area contributed by atoms with Crippen molar-refractivity contribution in [3.8, 4) is 0 Å². The number of benzene rings is 1. The minimum Gasteiger partial charge on any atom is -0.393 e. The highest BCUT2D eigenvalue weighted by molar-refractivity contribution is 6.07. The standard InChI is InChI=1S/C21H24N4O2/c1-24-13-11-15-4-2-6-19(20(15)24)25(17-7-9-18(26)10-8-17)21(27)23-16-5-3-12-22-14-16/h2-6,11-14,17-18,26H,7-10H2,1H3,(H,23,27). The van der Waals surface area contributed by atoms with Crippen molar-refractivity contribution in [2.75, 3.05) is 10.2 Å². The number of rotatable bonds is 3. The SMILES string of the molecule is Cn1ccc2cccc(N(C(=O)Nc3cccnc3)C3CCC(O)CC3)c21. The number of aliphatic hydroxyl groups excluding tert-OH is 1. The number of nitrogens with one attached hydrogen (secondary N) is 1. The second-order valence-electron chi connectivity index (χ2n) is 7.15. The zero-order chi connectivity index (χ0) is 18.8. The number of amides is 2. The van der Waals surface area contributed by atoms with E-state index in [0.29, 0.717) is 18.5 Å². The van der Waals surface area contributed by atoms with Crippen LogP contribution in [0.15, 0.2) is 55.0 Å². The fourth-order valence-electron chi connectivity index (χ4n) is 3.94. The van der Waals surface area contributed by atoms with Crippen molar-refractivity contribution < 1.29 is 9.90 Å². The lowest BCUT2D eigenvalue weighted by Gasteiger charge is -2.36. The summed E-state index contributed by atoms with van der Waals surface area (Å²) in [5, 5.41) is 14.0. The molecule has 0 spiro atoms. The molecule has 2 aromatic heterocycles. The van der Waals surface area contributed by atoms with E-state index in [1.807, 2.05) is 40.9 Å². The third kappa shape index (κ3) is 3.53. The highest BCUT2D eigenvalue weighted by Crippen LogP contribution is 2.33. The van der Waals surface area contributed by atoms with E-state index in [1.165, 1.54) is 0 Å². The van der Waals surface area contributed by atoms with Gasteiger partial charge in [-0.15, -0.1) is 0 Å². The normalized spacial score (nSPS) is 19.8. The molecule has 1 aliphatic rings. The Labute approximate surface area is 158 Å². The Balaban J connectivity index is 1.73. The molecule has 140 valence electrons. The van der Waals surface area contributed by atoms with Crippen LogP contribution < -0.4 is 10.2 Å². The fourth-order valence-corrected chi connectivity index (χ4v) is 3.94. The number of hydrogen-bond donors (Lipinski definition) is 2. The first kappa shape index (κ1) is 17.5. The Morgan fingerprint density at radius 2 is 2.00 bits per heavy atom. The van der Waals surface area contributed by atoms with E-state index < -0.39 is 0 Å². The van der Waals surface area contributed by atoms with Crippen molar-refractivity contribution in [2.24, 2.45) is 7.05 Å². The van der Waals surface area contributed by atoms with Crippen molar-refractivity contribution in [3.05, 3.63) is 55.0 Å². The summed E-state index contributed by atoms with van der Waals surface area (Å²) < 4.78 is 2.05. The van der Waals surface area contributed by atoms with Gasteiger partial charge in [0, 0.05) is 30.9 Å². The molecule has 2 N–H and O–H groups in total. The zero-order valence-electron chi connectivity index (χ0n) is 15.4. The van der Waals surface area contributed by atoms with E-state index in [9.17, 15) is 9.90 Å². The van der Waals surface area contributed by atoms with Crippen LogP contribution in [0.5, 0.6) is 0 Å². The van der Waals surface area contributed by atoms with Gasteiger partial charge in [-0.1, -0.05) is 12.1 Å². The Morgan fingerprint density at radius 3 is 2.74 bits per heavy atom. The number of nitrogens with zero attached hydrogens (tertiary/aromatic N) is 3. The van der Waals surface area contributed by atoms with Gasteiger partial charge in [-0.05, 0) is 49.9 Å². The predicted molar refractivity (Wildman–Crippen MR) is 107 cm³/mol. The molecule has 0 bridgehead atoms. The molecule has 2 amide bonds. The second kappa shape index (κ2) is 7.40. The van der Waals surface area contributed by atoms with Crippen molar-refractivity contribution in [3.63, 3.8) is 0 Å². The number of fused-ring (bicyclic) bond motifs is 1. The molecule has 1 saturated carbocycles. The molecule has 0 aliphatic heterocycles. The topological polar surface area (TPSA) is 70.4 Å². The molecule has 27 heavy (non-hydrogen) atoms. The first-order valence-corrected chi connectivity index (χ1v) is 9.36. The van der Waals surface area contributed by atoms with Crippen molar-refractivity contribution in [1.82, 2.24) is 9.55 Å². The summed E-state index contributed by atoms with van der Waals surface area (Å²) in [6.45, 7) is 0. The molecule has 0 radical (unpaired) electrons. The molecule has 3 aromatic rings. The molecule has 1 fully saturated rings. The van der Waals surface area contributed by atoms with Gasteiger partial charge in [-0.25, -0.2) is 4.79 Å². The van der Waals surface area contributed by atoms with Crippen LogP contribution >= 0.6 is 0 Å². The number of carbonyl (C=O) groups is 1. The van der Waals surface area contributed by atoms with E-state index in [2.05, 4.69) is 22.4 Å². The smallest absolute Gasteiger partial charge is 0.326 e. The molecule has 2 heterocycles. The molecule has 0 unspecified atom stereocenters. The molecule has 6 nitrogen and oxygen atoms in total. The van der Waals surface area contributed by atoms with E-state index in [1.54, 1.807) is 18.5 Å². The number of urea groups is 1. The van der Waals surface area contributed by atoms with Gasteiger partial charge in [-0.2, -0.15) is 0 Å². The molecule has 0 saturated heterocycles. The lowest BCUT2D eigenvalue weighted by molar-refractivity contribution is 0.122. The summed E-state index contributed by atoms with van der Waals surface area (Å²) in [5.74, 6) is 0. The van der Waals surface area contributed by atoms with Gasteiger partial charge in [0.25, 0.3) is 0 Å². The van der Waals surface area contributed by atoms with E-state index >= 15 is 0 Å². The number of para-hydroxylation sites is 1. The maximum absolute atomic E-state index is 13.3. The van der Waals surface area contributed by atoms with Crippen molar-refractivity contribution in [1.29, 1.82) is 0 Å². The fraction of sp³-hybridized carbons (Fsp3) is 0.333. The number of aryl methyl sites for hydroxylation is 1. The maximum atomic E-state index is 13.3. The summed E-state index contributed by atoms with van der Waals surface area (Å²) in [5.41, 5.74) is 2.59. The quantitative estimate of drug-likeness (QED) is 0.740. The zero-order valence-corrected chi connectivity index (χ0v) is 15.4. The summed E-state index contributed by atoms with van der Waals surface area (Å²) in [7, 11) is 1.99. The molecule has 1 aromatic carbocycles. The molecule has 0 atom stereocenters. The lowest BCUT2D eigenvalue weighted by atomic mass is 9.91. The third-order valence-corrected chi connectivity index (χ3v) is 5.30. The van der Waals surface area contributed by atoms with Crippen LogP contribution in [0.25, 0.3) is 10.9 Å². The molecule has 1 aliphatic carbocycles. The van der Waals surface area contributed by atoms with E-state index in [-0.39, 0.29) is 18.2 Å². The number of hydrogen-bond acceptors (Lipinski definition) is 3. The van der Waals surface area contributed by atoms with Gasteiger partial charge in [-0.3, -0.25) is 9.88 Å². The highest BCUT2D eigenvalue weighted by Gasteiger charge is 2.31. The summed E-state index contributed by atoms with van der Waals surface area (Å²) in [6, 6.07) is 11.6. The van der Waals surface area contributed by atoms with Crippen LogP contribution in [-0.2, 0) is 7.05 Å². The number of pyridine rings is 1. The largest absolute Gasteiger partial charge is 0.393 e. The highest BCUT2D eigenvalue weighted by atomic mass is 16.3. The lowest BCUT2D eigenvalue weighted by Crippen LogP contribution is -2.45. The van der Waals surface area contributed by atoms with Gasteiger partial charge >= 0.3 is 6.03 Å². The van der Waals surface area contributed by atoms with Crippen molar-refractivity contribution >= 4 is 28.3 Å². The Bertz CT molecular complexity index is 930. The van der Waals surface area contributed by atoms with Crippen LogP contribution in [0.2, 0.25) is 0 Å². The number of anilines is 2. The van der Waals surface area contributed by atoms with E-state index in [4.69, 9.17) is 0 Å². The maximum Gasteiger partial charge on any atom is 0.326 e. The van der Waals surface area contributed by atoms with Crippen LogP contribution in [-0.4, -0.2) is 32.8 Å². The van der Waals surface area contributed by atoms with Crippen LogP contribution in [0.1, 0.15) is 25.7 Å². The van der Waals surface area contributed by atoms with Crippen LogP contribution in [0, 0.1) is 0 Å². The number of aromatic nitrogens is 2. The summed E-state index contributed by atoms with van der Waals surface area (Å²) in [6.07, 6.45) is 8.05. The average Bonchev–Trinajstić information content (AvgIpc) is 3.06. The molecule has 4 rings (SSSR count). The van der Waals surface area contributed by atoms with Gasteiger partial charge < -0.3 is 15.0 Å². The first-order chi connectivity index (χ1) is 13.1. The monoisotopic (exact) mass is 364 g/mol. The summed E-state index contributed by atoms with van der Waals surface area (Å²) in [4.78, 5) is 19.2. The van der Waals surface area contributed by atoms with Gasteiger partial charge in [0.2, 0.25) is 0 Å². The minimum absolute atomic E-state index is 0.0468. The van der Waals surface area contributed by atoms with Crippen molar-refractivity contribution in [2.45, 2.75) is 37.8 Å². The van der Waals surface area contributed by atoms with Crippen LogP contribution in [0.4, 0.5) is 16.2 Å². The Hall–Kier alpha value is -2.86. The molecular weight excluding hydrogens is 340 g/mol. The van der Waals surface area contributed by atoms with Crippen LogP contribution in [0.3, 0.4) is 0 Å². The number of carbonyl (C=O) groups excluding carboxylic acids is 1. The summed E-state index contributed by atoms with van der Waals surface area (Å²) >= 11 is 0. The number of aliphatic hydroxyl groups is 1. The second-order valence-corrected chi connectivity index (χ2v) is 7.15. The average molecular weight is 364 g/mol.